The summed E-state index contributed by atoms with van der Waals surface area (Å²) in [5.74, 6) is -0.218. The highest BCUT2D eigenvalue weighted by Crippen LogP contribution is 2.14. The van der Waals surface area contributed by atoms with E-state index in [1.54, 1.807) is 12.1 Å². The fraction of sp³-hybridized carbons (Fsp3) is 0.364. The van der Waals surface area contributed by atoms with Crippen LogP contribution in [0.5, 0.6) is 0 Å². The van der Waals surface area contributed by atoms with Gasteiger partial charge >= 0.3 is 0 Å². The Morgan fingerprint density at radius 1 is 1.19 bits per heavy atom. The van der Waals surface area contributed by atoms with Gasteiger partial charge in [-0.15, -0.1) is 0 Å². The first-order chi connectivity index (χ1) is 7.29. The molecule has 0 spiro atoms. The second-order valence-corrected chi connectivity index (χ2v) is 5.73. The van der Waals surface area contributed by atoms with Crippen LogP contribution in [0.4, 0.5) is 0 Å². The van der Waals surface area contributed by atoms with Crippen LogP contribution in [-0.4, -0.2) is 20.6 Å². The van der Waals surface area contributed by atoms with Crippen molar-refractivity contribution in [3.63, 3.8) is 0 Å². The van der Waals surface area contributed by atoms with Gasteiger partial charge in [0.1, 0.15) is 0 Å². The van der Waals surface area contributed by atoms with Crippen molar-refractivity contribution in [2.24, 2.45) is 0 Å². The van der Waals surface area contributed by atoms with Gasteiger partial charge in [-0.05, 0) is 23.6 Å². The van der Waals surface area contributed by atoms with E-state index in [0.29, 0.717) is 11.5 Å². The zero-order chi connectivity index (χ0) is 12.3. The van der Waals surface area contributed by atoms with E-state index in [-0.39, 0.29) is 0 Å². The van der Waals surface area contributed by atoms with Gasteiger partial charge in [-0.1, -0.05) is 26.0 Å². The summed E-state index contributed by atoms with van der Waals surface area (Å²) >= 11 is 0. The van der Waals surface area contributed by atoms with Gasteiger partial charge in [0.15, 0.2) is 0 Å². The van der Waals surface area contributed by atoms with Crippen LogP contribution in [0.15, 0.2) is 24.3 Å². The molecule has 0 saturated carbocycles. The summed E-state index contributed by atoms with van der Waals surface area (Å²) < 4.78 is 23.6. The summed E-state index contributed by atoms with van der Waals surface area (Å²) in [5.41, 5.74) is 1.45. The molecule has 0 aliphatic heterocycles. The lowest BCUT2D eigenvalue weighted by atomic mass is 10.0. The topological polar surface area (TPSA) is 63.2 Å². The monoisotopic (exact) mass is 241 g/mol. The van der Waals surface area contributed by atoms with E-state index in [9.17, 15) is 13.2 Å². The lowest BCUT2D eigenvalue weighted by Crippen LogP contribution is -2.29. The molecule has 0 aliphatic carbocycles. The van der Waals surface area contributed by atoms with Crippen LogP contribution in [0.3, 0.4) is 0 Å². The first kappa shape index (κ1) is 12.7. The van der Waals surface area contributed by atoms with Crippen molar-refractivity contribution in [2.75, 3.05) is 6.26 Å². The first-order valence-electron chi connectivity index (χ1n) is 4.91. The van der Waals surface area contributed by atoms with Crippen LogP contribution < -0.4 is 4.72 Å². The largest absolute Gasteiger partial charge is 0.268 e. The average molecular weight is 241 g/mol. The molecule has 0 atom stereocenters. The number of nitrogens with one attached hydrogen (secondary N) is 1. The summed E-state index contributed by atoms with van der Waals surface area (Å²) in [4.78, 5) is 11.5. The highest BCUT2D eigenvalue weighted by atomic mass is 32.2. The second-order valence-electron chi connectivity index (χ2n) is 3.98. The van der Waals surface area contributed by atoms with Gasteiger partial charge in [0.25, 0.3) is 5.91 Å². The van der Waals surface area contributed by atoms with Crippen molar-refractivity contribution in [1.29, 1.82) is 0 Å². The summed E-state index contributed by atoms with van der Waals surface area (Å²) in [6.45, 7) is 4.09. The number of rotatable bonds is 3. The summed E-state index contributed by atoms with van der Waals surface area (Å²) in [6.07, 6.45) is 0.952. The lowest BCUT2D eigenvalue weighted by molar-refractivity contribution is 0.0981. The fourth-order valence-corrected chi connectivity index (χ4v) is 1.70. The van der Waals surface area contributed by atoms with Gasteiger partial charge in [0.2, 0.25) is 10.0 Å². The molecule has 0 bridgehead atoms. The maximum absolute atomic E-state index is 11.5. The molecular formula is C11H15NO3S. The Labute approximate surface area is 95.7 Å². The molecule has 16 heavy (non-hydrogen) atoms. The van der Waals surface area contributed by atoms with Crippen molar-refractivity contribution < 1.29 is 13.2 Å². The number of amides is 1. The Kier molecular flexibility index (Phi) is 3.70. The minimum Gasteiger partial charge on any atom is -0.268 e. The van der Waals surface area contributed by atoms with Gasteiger partial charge in [-0.2, -0.15) is 0 Å². The molecule has 1 aromatic carbocycles. The van der Waals surface area contributed by atoms with E-state index in [1.807, 2.05) is 30.7 Å². The van der Waals surface area contributed by atoms with E-state index >= 15 is 0 Å². The Morgan fingerprint density at radius 3 is 2.06 bits per heavy atom. The Morgan fingerprint density at radius 2 is 1.69 bits per heavy atom. The van der Waals surface area contributed by atoms with Crippen molar-refractivity contribution in [2.45, 2.75) is 19.8 Å². The molecule has 0 radical (unpaired) electrons. The maximum Gasteiger partial charge on any atom is 0.264 e. The summed E-state index contributed by atoms with van der Waals surface area (Å²) in [7, 11) is -3.50. The van der Waals surface area contributed by atoms with Gasteiger partial charge in [-0.25, -0.2) is 13.1 Å². The van der Waals surface area contributed by atoms with Crippen molar-refractivity contribution in [3.05, 3.63) is 35.4 Å². The minimum atomic E-state index is -3.50. The third-order valence-electron chi connectivity index (χ3n) is 2.12. The van der Waals surface area contributed by atoms with Gasteiger partial charge in [0, 0.05) is 5.56 Å². The molecule has 0 aromatic heterocycles. The zero-order valence-corrected chi connectivity index (χ0v) is 10.3. The lowest BCUT2D eigenvalue weighted by Gasteiger charge is -2.06. The molecule has 88 valence electrons. The highest BCUT2D eigenvalue weighted by molar-refractivity contribution is 7.89. The van der Waals surface area contributed by atoms with E-state index in [2.05, 4.69) is 0 Å². The van der Waals surface area contributed by atoms with E-state index < -0.39 is 15.9 Å². The van der Waals surface area contributed by atoms with E-state index in [1.165, 1.54) is 0 Å². The molecule has 0 aliphatic rings. The first-order valence-corrected chi connectivity index (χ1v) is 6.81. The number of carbonyl (C=O) groups is 1. The van der Waals surface area contributed by atoms with Crippen LogP contribution >= 0.6 is 0 Å². The summed E-state index contributed by atoms with van der Waals surface area (Å²) in [6, 6.07) is 6.88. The fourth-order valence-electron chi connectivity index (χ4n) is 1.25. The van der Waals surface area contributed by atoms with E-state index in [4.69, 9.17) is 0 Å². The van der Waals surface area contributed by atoms with Crippen LogP contribution in [0.1, 0.15) is 35.7 Å². The van der Waals surface area contributed by atoms with E-state index in [0.717, 1.165) is 11.8 Å². The van der Waals surface area contributed by atoms with Crippen LogP contribution in [0.2, 0.25) is 0 Å². The van der Waals surface area contributed by atoms with Crippen molar-refractivity contribution in [3.8, 4) is 0 Å². The zero-order valence-electron chi connectivity index (χ0n) is 9.52. The number of carbonyl (C=O) groups excluding carboxylic acids is 1. The molecule has 1 amide bonds. The molecule has 5 heteroatoms. The summed E-state index contributed by atoms with van der Waals surface area (Å²) in [5, 5.41) is 0. The Hall–Kier alpha value is -1.36. The molecule has 1 N–H and O–H groups in total. The number of sulfonamides is 1. The average Bonchev–Trinajstić information content (AvgIpc) is 2.15. The van der Waals surface area contributed by atoms with Gasteiger partial charge in [0.05, 0.1) is 6.26 Å². The molecule has 0 saturated heterocycles. The highest BCUT2D eigenvalue weighted by Gasteiger charge is 2.10. The molecule has 0 unspecified atom stereocenters. The number of benzene rings is 1. The molecule has 1 aromatic rings. The normalized spacial score (nSPS) is 11.5. The number of hydrogen-bond donors (Lipinski definition) is 1. The molecule has 0 fully saturated rings. The third-order valence-corrected chi connectivity index (χ3v) is 2.67. The Balaban J connectivity index is 2.86. The molecular weight excluding hydrogens is 226 g/mol. The van der Waals surface area contributed by atoms with Crippen molar-refractivity contribution in [1.82, 2.24) is 4.72 Å². The predicted octanol–water partition coefficient (Wildman–Crippen LogP) is 1.50. The molecule has 1 rings (SSSR count). The quantitative estimate of drug-likeness (QED) is 0.872. The predicted molar refractivity (Wildman–Crippen MR) is 62.8 cm³/mol. The van der Waals surface area contributed by atoms with Gasteiger partial charge < -0.3 is 0 Å². The van der Waals surface area contributed by atoms with Crippen LogP contribution in [-0.2, 0) is 10.0 Å². The third kappa shape index (κ3) is 3.66. The SMILES string of the molecule is CC(C)c1ccc(C(=O)NS(C)(=O)=O)cc1. The second kappa shape index (κ2) is 4.65. The Bertz CT molecular complexity index is 474. The minimum absolute atomic E-state index is 0.342. The molecule has 0 heterocycles. The number of hydrogen-bond acceptors (Lipinski definition) is 3. The van der Waals surface area contributed by atoms with Crippen molar-refractivity contribution >= 4 is 15.9 Å². The van der Waals surface area contributed by atoms with Gasteiger partial charge in [-0.3, -0.25) is 4.79 Å². The maximum atomic E-state index is 11.5. The standard InChI is InChI=1S/C11H15NO3S/c1-8(2)9-4-6-10(7-5-9)11(13)12-16(3,14)15/h4-8H,1-3H3,(H,12,13). The van der Waals surface area contributed by atoms with Crippen LogP contribution in [0.25, 0.3) is 0 Å². The van der Waals surface area contributed by atoms with Crippen LogP contribution in [0, 0.1) is 0 Å². The smallest absolute Gasteiger partial charge is 0.264 e. The molecule has 4 nitrogen and oxygen atoms in total.